The maximum Gasteiger partial charge on any atom is 0.286 e. The van der Waals surface area contributed by atoms with E-state index in [1.807, 2.05) is 43.3 Å². The molecule has 0 radical (unpaired) electrons. The Kier molecular flexibility index (Phi) is 6.83. The van der Waals surface area contributed by atoms with Crippen molar-refractivity contribution in [3.8, 4) is 11.5 Å². The van der Waals surface area contributed by atoms with E-state index in [4.69, 9.17) is 15.2 Å². The Bertz CT molecular complexity index is 929. The second-order valence-corrected chi connectivity index (χ2v) is 8.71. The van der Waals surface area contributed by atoms with Crippen LogP contribution in [-0.4, -0.2) is 17.7 Å². The highest BCUT2D eigenvalue weighted by molar-refractivity contribution is 14.1. The number of nitrogens with zero attached hydrogens (tertiary/aromatic N) is 1. The zero-order chi connectivity index (χ0) is 19.4. The number of carbonyl (C=O) groups excluding carboxylic acids is 1. The molecular weight excluding hydrogens is 543 g/mol. The molecule has 8 heteroatoms. The van der Waals surface area contributed by atoms with Gasteiger partial charge in [0, 0.05) is 3.57 Å². The van der Waals surface area contributed by atoms with Gasteiger partial charge < -0.3 is 15.2 Å². The highest BCUT2D eigenvalue weighted by Gasteiger charge is 2.20. The fourth-order valence-corrected chi connectivity index (χ4v) is 4.00. The van der Waals surface area contributed by atoms with Crippen molar-refractivity contribution in [2.45, 2.75) is 13.5 Å². The van der Waals surface area contributed by atoms with Crippen LogP contribution in [-0.2, 0) is 11.4 Å². The number of hydrogen-bond donors (Lipinski definition) is 1. The molecule has 5 nitrogen and oxygen atoms in total. The number of rotatable bonds is 6. The lowest BCUT2D eigenvalue weighted by Gasteiger charge is -2.15. The molecular formula is C19H16BrIN2O3S. The van der Waals surface area contributed by atoms with Gasteiger partial charge in [-0.2, -0.15) is 4.99 Å². The molecule has 0 spiro atoms. The third-order valence-electron chi connectivity index (χ3n) is 3.56. The average molecular weight is 559 g/mol. The smallest absolute Gasteiger partial charge is 0.286 e. The maximum atomic E-state index is 11.8. The summed E-state index contributed by atoms with van der Waals surface area (Å²) in [6.07, 6.45) is 1.74. The van der Waals surface area contributed by atoms with Crippen molar-refractivity contribution in [2.24, 2.45) is 10.7 Å². The number of ether oxygens (including phenoxy) is 2. The van der Waals surface area contributed by atoms with Crippen LogP contribution in [0.3, 0.4) is 0 Å². The van der Waals surface area contributed by atoms with Crippen LogP contribution in [0.2, 0.25) is 0 Å². The zero-order valence-corrected chi connectivity index (χ0v) is 18.9. The first-order valence-corrected chi connectivity index (χ1v) is 10.8. The van der Waals surface area contributed by atoms with E-state index in [1.54, 1.807) is 6.08 Å². The van der Waals surface area contributed by atoms with E-state index in [0.717, 1.165) is 27.4 Å². The van der Waals surface area contributed by atoms with Crippen LogP contribution >= 0.6 is 50.3 Å². The number of halogens is 2. The highest BCUT2D eigenvalue weighted by Crippen LogP contribution is 2.39. The molecule has 0 saturated carbocycles. The maximum absolute atomic E-state index is 11.8. The van der Waals surface area contributed by atoms with Gasteiger partial charge in [-0.1, -0.05) is 12.1 Å². The lowest BCUT2D eigenvalue weighted by atomic mass is 10.2. The first-order valence-electron chi connectivity index (χ1n) is 8.08. The molecule has 0 aliphatic carbocycles. The molecule has 1 aliphatic heterocycles. The van der Waals surface area contributed by atoms with E-state index in [0.29, 0.717) is 29.6 Å². The van der Waals surface area contributed by atoms with Gasteiger partial charge in [0.1, 0.15) is 6.61 Å². The van der Waals surface area contributed by atoms with Gasteiger partial charge in [0.2, 0.25) is 0 Å². The van der Waals surface area contributed by atoms with E-state index in [9.17, 15) is 4.79 Å². The SMILES string of the molecule is CCOc1cc(C=C2SC(N)=NC2=O)cc(Br)c1OCc1ccc(I)cc1. The Morgan fingerprint density at radius 3 is 2.63 bits per heavy atom. The molecule has 2 aromatic carbocycles. The minimum absolute atomic E-state index is 0.257. The summed E-state index contributed by atoms with van der Waals surface area (Å²) in [5, 5.41) is 0.257. The Labute approximate surface area is 183 Å². The van der Waals surface area contributed by atoms with E-state index in [2.05, 4.69) is 43.5 Å². The summed E-state index contributed by atoms with van der Waals surface area (Å²) < 4.78 is 13.7. The molecule has 3 rings (SSSR count). The Morgan fingerprint density at radius 2 is 2.00 bits per heavy atom. The molecule has 0 aromatic heterocycles. The van der Waals surface area contributed by atoms with Crippen molar-refractivity contribution in [3.05, 3.63) is 60.5 Å². The molecule has 2 N–H and O–H groups in total. The van der Waals surface area contributed by atoms with Crippen LogP contribution in [0.25, 0.3) is 6.08 Å². The fourth-order valence-electron chi connectivity index (χ4n) is 2.39. The van der Waals surface area contributed by atoms with E-state index in [1.165, 1.54) is 3.57 Å². The summed E-state index contributed by atoms with van der Waals surface area (Å²) in [5.41, 5.74) is 7.47. The van der Waals surface area contributed by atoms with Gasteiger partial charge in [-0.3, -0.25) is 4.79 Å². The third-order valence-corrected chi connectivity index (χ3v) is 5.68. The van der Waals surface area contributed by atoms with Gasteiger partial charge in [-0.15, -0.1) is 0 Å². The van der Waals surface area contributed by atoms with Crippen molar-refractivity contribution in [1.82, 2.24) is 0 Å². The largest absolute Gasteiger partial charge is 0.490 e. The number of amides is 1. The van der Waals surface area contributed by atoms with Crippen LogP contribution < -0.4 is 15.2 Å². The number of hydrogen-bond acceptors (Lipinski definition) is 5. The second kappa shape index (κ2) is 9.11. The van der Waals surface area contributed by atoms with Crippen LogP contribution in [0.4, 0.5) is 0 Å². The topological polar surface area (TPSA) is 73.9 Å². The number of carbonyl (C=O) groups is 1. The van der Waals surface area contributed by atoms with Crippen LogP contribution in [0.1, 0.15) is 18.1 Å². The van der Waals surface area contributed by atoms with Crippen molar-refractivity contribution < 1.29 is 14.3 Å². The summed E-state index contributed by atoms with van der Waals surface area (Å²) in [6, 6.07) is 11.9. The molecule has 140 valence electrons. The van der Waals surface area contributed by atoms with Crippen molar-refractivity contribution in [1.29, 1.82) is 0 Å². The number of nitrogens with two attached hydrogens (primary N) is 1. The number of thioether (sulfide) groups is 1. The Balaban J connectivity index is 1.85. The summed E-state index contributed by atoms with van der Waals surface area (Å²) in [4.78, 5) is 16.0. The lowest BCUT2D eigenvalue weighted by molar-refractivity contribution is -0.113. The Morgan fingerprint density at radius 1 is 1.26 bits per heavy atom. The van der Waals surface area contributed by atoms with Crippen molar-refractivity contribution in [3.63, 3.8) is 0 Å². The molecule has 0 unspecified atom stereocenters. The highest BCUT2D eigenvalue weighted by atomic mass is 127. The van der Waals surface area contributed by atoms with E-state index >= 15 is 0 Å². The van der Waals surface area contributed by atoms with Crippen LogP contribution in [0, 0.1) is 3.57 Å². The zero-order valence-electron chi connectivity index (χ0n) is 14.4. The molecule has 1 heterocycles. The fraction of sp³-hybridized carbons (Fsp3) is 0.158. The van der Waals surface area contributed by atoms with Gasteiger partial charge in [-0.25, -0.2) is 0 Å². The molecule has 27 heavy (non-hydrogen) atoms. The van der Waals surface area contributed by atoms with Gasteiger partial charge in [0.25, 0.3) is 5.91 Å². The Hall–Kier alpha value is -1.52. The molecule has 1 aliphatic rings. The van der Waals surface area contributed by atoms with Gasteiger partial charge in [0.05, 0.1) is 16.0 Å². The molecule has 0 bridgehead atoms. The lowest BCUT2D eigenvalue weighted by Crippen LogP contribution is -2.01. The minimum atomic E-state index is -0.328. The third kappa shape index (κ3) is 5.26. The van der Waals surface area contributed by atoms with E-state index < -0.39 is 0 Å². The summed E-state index contributed by atoms with van der Waals surface area (Å²) in [7, 11) is 0. The monoisotopic (exact) mass is 558 g/mol. The first kappa shape index (κ1) is 20.2. The average Bonchev–Trinajstić information content (AvgIpc) is 2.93. The van der Waals surface area contributed by atoms with Crippen LogP contribution in [0.15, 0.2) is 50.8 Å². The molecule has 1 amide bonds. The number of amidine groups is 1. The van der Waals surface area contributed by atoms with Crippen molar-refractivity contribution in [2.75, 3.05) is 6.61 Å². The molecule has 0 saturated heterocycles. The predicted molar refractivity (Wildman–Crippen MR) is 121 cm³/mol. The standard InChI is InChI=1S/C19H16BrIN2O3S/c1-2-25-15-8-12(9-16-18(24)23-19(22)27-16)7-14(20)17(15)26-10-11-3-5-13(21)6-4-11/h3-9H,2,10H2,1H3,(H2,22,23,24). The summed E-state index contributed by atoms with van der Waals surface area (Å²) in [5.74, 6) is 0.901. The normalized spacial score (nSPS) is 15.1. The van der Waals surface area contributed by atoms with Crippen molar-refractivity contribution >= 4 is 67.4 Å². The first-order chi connectivity index (χ1) is 13.0. The van der Waals surface area contributed by atoms with Crippen LogP contribution in [0.5, 0.6) is 11.5 Å². The quantitative estimate of drug-likeness (QED) is 0.401. The predicted octanol–water partition coefficient (Wildman–Crippen LogP) is 4.96. The van der Waals surface area contributed by atoms with Gasteiger partial charge >= 0.3 is 0 Å². The molecule has 0 fully saturated rings. The molecule has 0 atom stereocenters. The van der Waals surface area contributed by atoms with Gasteiger partial charge in [-0.05, 0) is 98.7 Å². The van der Waals surface area contributed by atoms with E-state index in [-0.39, 0.29) is 11.1 Å². The number of aliphatic imine (C=N–C) groups is 1. The summed E-state index contributed by atoms with van der Waals surface area (Å²) >= 11 is 6.98. The summed E-state index contributed by atoms with van der Waals surface area (Å²) in [6.45, 7) is 2.83. The second-order valence-electron chi connectivity index (χ2n) is 5.54. The molecule has 2 aromatic rings. The minimum Gasteiger partial charge on any atom is -0.490 e. The van der Waals surface area contributed by atoms with Gasteiger partial charge in [0.15, 0.2) is 16.7 Å². The number of benzene rings is 2.